The second-order valence-electron chi connectivity index (χ2n) is 3.06. The van der Waals surface area contributed by atoms with Gasteiger partial charge >= 0.3 is 0 Å². The molecule has 3 N–H and O–H groups in total. The minimum absolute atomic E-state index is 0.0162. The van der Waals surface area contributed by atoms with Gasteiger partial charge in [0.05, 0.1) is 11.1 Å². The molecule has 1 aromatic rings. The Morgan fingerprint density at radius 2 is 2.31 bits per heavy atom. The molecule has 13 heavy (non-hydrogen) atoms. The maximum Gasteiger partial charge on any atom is 0.251 e. The van der Waals surface area contributed by atoms with E-state index in [9.17, 15) is 13.2 Å². The molecule has 0 bridgehead atoms. The summed E-state index contributed by atoms with van der Waals surface area (Å²) in [5.41, 5.74) is 3.39. The minimum atomic E-state index is -2.79. The predicted molar refractivity (Wildman–Crippen MR) is 42.3 cm³/mol. The molecule has 1 aromatic heterocycles. The molecule has 0 saturated carbocycles. The van der Waals surface area contributed by atoms with Crippen LogP contribution in [0.1, 0.15) is 12.6 Å². The molecule has 6 heteroatoms. The Balaban J connectivity index is 3.02. The Labute approximate surface area is 73.1 Å². The summed E-state index contributed by atoms with van der Waals surface area (Å²) in [4.78, 5) is 0. The number of nitrogens with zero attached hydrogens (tertiary/aromatic N) is 1. The third-order valence-corrected chi connectivity index (χ3v) is 1.97. The number of rotatable bonds is 3. The number of aromatic nitrogens is 2. The molecule has 0 aliphatic rings. The number of hydrogen-bond donors (Lipinski definition) is 2. The summed E-state index contributed by atoms with van der Waals surface area (Å²) >= 11 is 0. The number of H-pyrrole nitrogens is 1. The second-order valence-corrected chi connectivity index (χ2v) is 3.06. The maximum atomic E-state index is 12.5. The maximum absolute atomic E-state index is 12.5. The van der Waals surface area contributed by atoms with E-state index in [0.29, 0.717) is 0 Å². The second kappa shape index (κ2) is 3.27. The molecule has 0 radical (unpaired) electrons. The Morgan fingerprint density at radius 3 is 2.62 bits per heavy atom. The van der Waals surface area contributed by atoms with Gasteiger partial charge in [0.1, 0.15) is 12.5 Å². The molecule has 1 unspecified atom stereocenters. The molecule has 74 valence electrons. The van der Waals surface area contributed by atoms with Crippen LogP contribution in [-0.4, -0.2) is 23.3 Å². The Morgan fingerprint density at radius 1 is 1.69 bits per heavy atom. The van der Waals surface area contributed by atoms with Crippen molar-refractivity contribution in [3.8, 4) is 0 Å². The molecular weight excluding hydrogens is 183 g/mol. The highest BCUT2D eigenvalue weighted by molar-refractivity contribution is 5.32. The van der Waals surface area contributed by atoms with Crippen LogP contribution < -0.4 is 5.73 Å². The highest BCUT2D eigenvalue weighted by Crippen LogP contribution is 2.30. The zero-order chi connectivity index (χ0) is 10.1. The predicted octanol–water partition coefficient (Wildman–Crippen LogP) is 1.48. The van der Waals surface area contributed by atoms with Crippen LogP contribution in [0, 0.1) is 0 Å². The van der Waals surface area contributed by atoms with Crippen molar-refractivity contribution in [2.24, 2.45) is 0 Å². The van der Waals surface area contributed by atoms with Crippen molar-refractivity contribution in [3.63, 3.8) is 0 Å². The average molecular weight is 193 g/mol. The topological polar surface area (TPSA) is 54.7 Å². The fourth-order valence-corrected chi connectivity index (χ4v) is 0.878. The van der Waals surface area contributed by atoms with Crippen molar-refractivity contribution in [3.05, 3.63) is 11.8 Å². The van der Waals surface area contributed by atoms with E-state index in [1.165, 1.54) is 6.07 Å². The van der Waals surface area contributed by atoms with Gasteiger partial charge in [-0.3, -0.25) is 5.10 Å². The molecule has 0 spiro atoms. The molecule has 0 aliphatic carbocycles. The quantitative estimate of drug-likeness (QED) is 0.763. The van der Waals surface area contributed by atoms with E-state index in [0.717, 1.165) is 6.92 Å². The average Bonchev–Trinajstić information content (AvgIpc) is 2.50. The first kappa shape index (κ1) is 9.88. The van der Waals surface area contributed by atoms with Crippen LogP contribution in [0.25, 0.3) is 0 Å². The smallest absolute Gasteiger partial charge is 0.251 e. The van der Waals surface area contributed by atoms with Crippen molar-refractivity contribution in [2.45, 2.75) is 18.8 Å². The van der Waals surface area contributed by atoms with Gasteiger partial charge in [0.25, 0.3) is 6.43 Å². The molecule has 1 atom stereocenters. The van der Waals surface area contributed by atoms with Crippen LogP contribution in [0.5, 0.6) is 0 Å². The zero-order valence-corrected chi connectivity index (χ0v) is 7.02. The fraction of sp³-hybridized carbons (Fsp3) is 0.571. The summed E-state index contributed by atoms with van der Waals surface area (Å²) in [6.45, 7) is -0.0447. The van der Waals surface area contributed by atoms with Gasteiger partial charge < -0.3 is 5.73 Å². The van der Waals surface area contributed by atoms with E-state index < -0.39 is 18.5 Å². The van der Waals surface area contributed by atoms with Gasteiger partial charge in [-0.1, -0.05) is 0 Å². The number of nitrogens with two attached hydrogens (primary N) is 1. The Hall–Kier alpha value is -1.20. The number of aromatic amines is 1. The highest BCUT2D eigenvalue weighted by Gasteiger charge is 2.38. The van der Waals surface area contributed by atoms with Crippen LogP contribution in [0.2, 0.25) is 0 Å². The van der Waals surface area contributed by atoms with E-state index >= 15 is 0 Å². The number of halogens is 3. The monoisotopic (exact) mass is 193 g/mol. The molecule has 0 fully saturated rings. The Kier molecular flexibility index (Phi) is 2.49. The van der Waals surface area contributed by atoms with E-state index in [4.69, 9.17) is 5.73 Å². The molecule has 3 nitrogen and oxygen atoms in total. The van der Waals surface area contributed by atoms with Gasteiger partial charge in [-0.05, 0) is 6.92 Å². The van der Waals surface area contributed by atoms with Crippen molar-refractivity contribution < 1.29 is 13.2 Å². The molecule has 0 aromatic carbocycles. The third kappa shape index (κ3) is 1.61. The summed E-state index contributed by atoms with van der Waals surface area (Å²) in [5, 5.41) is 5.75. The molecule has 1 heterocycles. The van der Waals surface area contributed by atoms with Gasteiger partial charge in [-0.15, -0.1) is 0 Å². The number of alkyl halides is 3. The van der Waals surface area contributed by atoms with Crippen molar-refractivity contribution >= 4 is 5.82 Å². The first-order valence-electron chi connectivity index (χ1n) is 3.66. The van der Waals surface area contributed by atoms with Crippen LogP contribution in [0.3, 0.4) is 0 Å². The molecule has 0 amide bonds. The van der Waals surface area contributed by atoms with E-state index in [2.05, 4.69) is 10.2 Å². The van der Waals surface area contributed by atoms with Gasteiger partial charge in [0.15, 0.2) is 0 Å². The normalized spacial score (nSPS) is 16.1. The summed E-state index contributed by atoms with van der Waals surface area (Å²) in [7, 11) is 0. The summed E-state index contributed by atoms with van der Waals surface area (Å²) in [5.74, 6) is 0.0790. The molecule has 0 aliphatic heterocycles. The van der Waals surface area contributed by atoms with E-state index in [1.807, 2.05) is 0 Å². The van der Waals surface area contributed by atoms with Crippen LogP contribution >= 0.6 is 0 Å². The number of hydrogen-bond acceptors (Lipinski definition) is 2. The van der Waals surface area contributed by atoms with E-state index in [-0.39, 0.29) is 11.5 Å². The standard InChI is InChI=1S/C7H10F3N3/c1-7(3-8,6(9)10)4-2-5(11)13-12-4/h2,6H,3H2,1H3,(H3,11,12,13). The van der Waals surface area contributed by atoms with Gasteiger partial charge in [-0.25, -0.2) is 13.2 Å². The van der Waals surface area contributed by atoms with Crippen molar-refractivity contribution in [1.82, 2.24) is 10.2 Å². The summed E-state index contributed by atoms with van der Waals surface area (Å²) in [6.07, 6.45) is -2.79. The highest BCUT2D eigenvalue weighted by atomic mass is 19.3. The minimum Gasteiger partial charge on any atom is -0.382 e. The zero-order valence-electron chi connectivity index (χ0n) is 7.02. The van der Waals surface area contributed by atoms with Crippen molar-refractivity contribution in [1.29, 1.82) is 0 Å². The van der Waals surface area contributed by atoms with Gasteiger partial charge in [0, 0.05) is 6.07 Å². The Bertz CT molecular complexity index is 286. The number of anilines is 1. The molecular formula is C7H10F3N3. The first-order chi connectivity index (χ1) is 6.00. The molecule has 0 saturated heterocycles. The van der Waals surface area contributed by atoms with Crippen LogP contribution in [0.4, 0.5) is 19.0 Å². The molecule has 1 rings (SSSR count). The SMILES string of the molecule is CC(CF)(c1cc(N)n[nH]1)C(F)F. The lowest BCUT2D eigenvalue weighted by Gasteiger charge is -2.22. The summed E-state index contributed by atoms with van der Waals surface area (Å²) < 4.78 is 37.3. The van der Waals surface area contributed by atoms with Crippen molar-refractivity contribution in [2.75, 3.05) is 12.4 Å². The largest absolute Gasteiger partial charge is 0.382 e. The summed E-state index contributed by atoms with van der Waals surface area (Å²) in [6, 6.07) is 1.21. The van der Waals surface area contributed by atoms with Gasteiger partial charge in [0.2, 0.25) is 0 Å². The van der Waals surface area contributed by atoms with Crippen LogP contribution in [-0.2, 0) is 5.41 Å². The third-order valence-electron chi connectivity index (χ3n) is 1.97. The lowest BCUT2D eigenvalue weighted by molar-refractivity contribution is 0.0414. The lowest BCUT2D eigenvalue weighted by Crippen LogP contribution is -2.33. The fourth-order valence-electron chi connectivity index (χ4n) is 0.878. The number of nitrogen functional groups attached to an aromatic ring is 1. The lowest BCUT2D eigenvalue weighted by atomic mass is 9.89. The number of nitrogens with one attached hydrogen (secondary N) is 1. The van der Waals surface area contributed by atoms with E-state index in [1.54, 1.807) is 0 Å². The van der Waals surface area contributed by atoms with Gasteiger partial charge in [-0.2, -0.15) is 5.10 Å². The first-order valence-corrected chi connectivity index (χ1v) is 3.66. The van der Waals surface area contributed by atoms with Crippen LogP contribution in [0.15, 0.2) is 6.07 Å².